The van der Waals surface area contributed by atoms with E-state index in [1.165, 1.54) is 19.3 Å². The number of halogens is 3. The van der Waals surface area contributed by atoms with Crippen molar-refractivity contribution >= 4 is 17.4 Å². The van der Waals surface area contributed by atoms with Crippen LogP contribution < -0.4 is 15.7 Å². The van der Waals surface area contributed by atoms with Gasteiger partial charge >= 0.3 is 6.18 Å². The number of hydrogen-bond acceptors (Lipinski definition) is 6. The van der Waals surface area contributed by atoms with Crippen molar-refractivity contribution < 1.29 is 22.8 Å². The molecule has 1 aliphatic heterocycles. The molecule has 26 heavy (non-hydrogen) atoms. The van der Waals surface area contributed by atoms with E-state index in [9.17, 15) is 18.0 Å². The molecule has 2 aromatic heterocycles. The maximum absolute atomic E-state index is 13.3. The number of carbonyl (C=O) groups excluding carboxylic acids is 1. The molecular weight excluding hydrogens is 351 g/mol. The van der Waals surface area contributed by atoms with Gasteiger partial charge in [-0.05, 0) is 24.6 Å². The Morgan fingerprint density at radius 2 is 2.08 bits per heavy atom. The lowest BCUT2D eigenvalue weighted by atomic mass is 10.0. The molecule has 0 saturated carbocycles. The molecule has 0 aliphatic carbocycles. The fourth-order valence-electron chi connectivity index (χ4n) is 2.63. The van der Waals surface area contributed by atoms with E-state index in [1.807, 2.05) is 0 Å². The molecule has 3 rings (SSSR count). The Hall–Kier alpha value is -2.72. The van der Waals surface area contributed by atoms with Gasteiger partial charge in [-0.2, -0.15) is 18.7 Å². The Kier molecular flexibility index (Phi) is 5.05. The number of rotatable bonds is 3. The highest BCUT2D eigenvalue weighted by Gasteiger charge is 2.36. The molecule has 0 unspecified atom stereocenters. The van der Waals surface area contributed by atoms with Crippen LogP contribution >= 0.6 is 0 Å². The second-order valence-corrected chi connectivity index (χ2v) is 5.60. The minimum atomic E-state index is -4.61. The zero-order valence-corrected chi connectivity index (χ0v) is 13.8. The number of amides is 1. The van der Waals surface area contributed by atoms with Crippen LogP contribution in [0.2, 0.25) is 0 Å². The molecule has 138 valence electrons. The van der Waals surface area contributed by atoms with Gasteiger partial charge in [-0.1, -0.05) is 0 Å². The van der Waals surface area contributed by atoms with Crippen LogP contribution in [0.4, 0.5) is 24.7 Å². The zero-order valence-electron chi connectivity index (χ0n) is 13.8. The first-order valence-electron chi connectivity index (χ1n) is 7.75. The zero-order chi connectivity index (χ0) is 18.7. The highest BCUT2D eigenvalue weighted by atomic mass is 19.4. The lowest BCUT2D eigenvalue weighted by Crippen LogP contribution is -2.44. The lowest BCUT2D eigenvalue weighted by Gasteiger charge is -2.30. The van der Waals surface area contributed by atoms with Crippen LogP contribution in [0.3, 0.4) is 0 Å². The minimum absolute atomic E-state index is 0.125. The summed E-state index contributed by atoms with van der Waals surface area (Å²) in [5.41, 5.74) is 1.81. The van der Waals surface area contributed by atoms with E-state index >= 15 is 0 Å². The first-order chi connectivity index (χ1) is 12.4. The average molecular weight is 367 g/mol. The summed E-state index contributed by atoms with van der Waals surface area (Å²) in [6.07, 6.45) is -0.909. The van der Waals surface area contributed by atoms with Crippen LogP contribution in [-0.4, -0.2) is 35.7 Å². The van der Waals surface area contributed by atoms with Gasteiger partial charge in [0.2, 0.25) is 0 Å². The molecule has 2 aromatic rings. The molecule has 1 amide bonds. The summed E-state index contributed by atoms with van der Waals surface area (Å²) >= 11 is 0. The molecule has 0 spiro atoms. The summed E-state index contributed by atoms with van der Waals surface area (Å²) in [6.45, 7) is 2.17. The van der Waals surface area contributed by atoms with Gasteiger partial charge in [-0.3, -0.25) is 14.6 Å². The first-order valence-corrected chi connectivity index (χ1v) is 7.75. The van der Waals surface area contributed by atoms with Gasteiger partial charge in [-0.25, -0.2) is 4.98 Å². The molecule has 1 fully saturated rings. The van der Waals surface area contributed by atoms with Gasteiger partial charge in [-0.15, -0.1) is 0 Å². The van der Waals surface area contributed by atoms with Crippen LogP contribution in [0.5, 0.6) is 0 Å². The van der Waals surface area contributed by atoms with Crippen molar-refractivity contribution in [2.75, 3.05) is 30.0 Å². The summed E-state index contributed by atoms with van der Waals surface area (Å²) in [5.74, 6) is -0.508. The van der Waals surface area contributed by atoms with Crippen molar-refractivity contribution in [2.45, 2.75) is 13.1 Å². The van der Waals surface area contributed by atoms with Crippen molar-refractivity contribution in [1.29, 1.82) is 0 Å². The molecule has 1 aliphatic rings. The third-order valence-electron chi connectivity index (χ3n) is 3.91. The van der Waals surface area contributed by atoms with E-state index in [0.29, 0.717) is 18.8 Å². The van der Waals surface area contributed by atoms with E-state index in [0.717, 1.165) is 6.20 Å². The molecule has 1 saturated heterocycles. The predicted octanol–water partition coefficient (Wildman–Crippen LogP) is 2.35. The van der Waals surface area contributed by atoms with Gasteiger partial charge in [0.25, 0.3) is 5.91 Å². The molecule has 0 aromatic carbocycles. The number of anilines is 2. The third kappa shape index (κ3) is 3.75. The van der Waals surface area contributed by atoms with Gasteiger partial charge in [0, 0.05) is 30.8 Å². The second-order valence-electron chi connectivity index (χ2n) is 5.60. The summed E-state index contributed by atoms with van der Waals surface area (Å²) in [5, 5.41) is 2.59. The number of hydroxylamine groups is 1. The predicted molar refractivity (Wildman–Crippen MR) is 87.5 cm³/mol. The monoisotopic (exact) mass is 367 g/mol. The number of alkyl halides is 3. The van der Waals surface area contributed by atoms with Gasteiger partial charge in [0.05, 0.1) is 24.4 Å². The molecule has 0 bridgehead atoms. The maximum atomic E-state index is 13.3. The second kappa shape index (κ2) is 7.26. The van der Waals surface area contributed by atoms with Crippen molar-refractivity contribution in [3.8, 4) is 0 Å². The van der Waals surface area contributed by atoms with Crippen molar-refractivity contribution in [2.24, 2.45) is 0 Å². The Labute approximate surface area is 147 Å². The van der Waals surface area contributed by atoms with E-state index in [4.69, 9.17) is 4.84 Å². The molecule has 7 nitrogen and oxygen atoms in total. The fourth-order valence-corrected chi connectivity index (χ4v) is 2.63. The maximum Gasteiger partial charge on any atom is 0.418 e. The summed E-state index contributed by atoms with van der Waals surface area (Å²) in [7, 11) is 0. The van der Waals surface area contributed by atoms with Crippen molar-refractivity contribution in [1.82, 2.24) is 15.4 Å². The topological polar surface area (TPSA) is 79.4 Å². The Bertz CT molecular complexity index is 792. The van der Waals surface area contributed by atoms with Crippen LogP contribution in [0.25, 0.3) is 0 Å². The van der Waals surface area contributed by atoms with Gasteiger partial charge < -0.3 is 10.2 Å². The number of nitrogens with one attached hydrogen (secondary N) is 2. The normalized spacial score (nSPS) is 15.0. The van der Waals surface area contributed by atoms with Crippen LogP contribution in [0.15, 0.2) is 30.7 Å². The SMILES string of the molecule is Cc1c(C(F)(F)F)cnc(N2CCONC2)c1C(=O)Nc1ccncc1. The molecule has 10 heteroatoms. The number of nitrogens with zero attached hydrogens (tertiary/aromatic N) is 3. The highest BCUT2D eigenvalue weighted by molar-refractivity contribution is 6.08. The van der Waals surface area contributed by atoms with Gasteiger partial charge in [0.1, 0.15) is 5.82 Å². The molecular formula is C16H16F3N5O2. The van der Waals surface area contributed by atoms with E-state index in [-0.39, 0.29) is 23.6 Å². The van der Waals surface area contributed by atoms with E-state index in [2.05, 4.69) is 20.8 Å². The molecule has 0 radical (unpaired) electrons. The van der Waals surface area contributed by atoms with Crippen molar-refractivity contribution in [3.63, 3.8) is 0 Å². The Balaban J connectivity index is 2.04. The van der Waals surface area contributed by atoms with Crippen molar-refractivity contribution in [3.05, 3.63) is 47.4 Å². The first kappa shape index (κ1) is 18.1. The summed E-state index contributed by atoms with van der Waals surface area (Å²) in [6, 6.07) is 3.09. The minimum Gasteiger partial charge on any atom is -0.339 e. The summed E-state index contributed by atoms with van der Waals surface area (Å²) < 4.78 is 39.8. The molecule has 0 atom stereocenters. The third-order valence-corrected chi connectivity index (χ3v) is 3.91. The molecule has 2 N–H and O–H groups in total. The van der Waals surface area contributed by atoms with Crippen LogP contribution in [-0.2, 0) is 11.0 Å². The number of pyridine rings is 2. The number of carbonyl (C=O) groups is 1. The number of aromatic nitrogens is 2. The summed E-state index contributed by atoms with van der Waals surface area (Å²) in [4.78, 5) is 27.2. The van der Waals surface area contributed by atoms with Gasteiger partial charge in [0.15, 0.2) is 0 Å². The Morgan fingerprint density at radius 1 is 1.35 bits per heavy atom. The van der Waals surface area contributed by atoms with E-state index in [1.54, 1.807) is 17.0 Å². The van der Waals surface area contributed by atoms with Crippen LogP contribution in [0.1, 0.15) is 21.5 Å². The highest BCUT2D eigenvalue weighted by Crippen LogP contribution is 2.35. The Morgan fingerprint density at radius 3 is 2.69 bits per heavy atom. The quantitative estimate of drug-likeness (QED) is 0.867. The molecule has 3 heterocycles. The number of hydrogen-bond donors (Lipinski definition) is 2. The standard InChI is InChI=1S/C16H16F3N5O2/c1-10-12(16(17,18)19)8-21-14(24-6-7-26-22-9-24)13(10)15(25)23-11-2-4-20-5-3-11/h2-5,8,22H,6-7,9H2,1H3,(H,20,23,25). The largest absolute Gasteiger partial charge is 0.418 e. The average Bonchev–Trinajstić information content (AvgIpc) is 2.61. The lowest BCUT2D eigenvalue weighted by molar-refractivity contribution is -0.138. The van der Waals surface area contributed by atoms with Crippen LogP contribution in [0, 0.1) is 6.92 Å². The van der Waals surface area contributed by atoms with E-state index < -0.39 is 17.6 Å². The smallest absolute Gasteiger partial charge is 0.339 e. The fraction of sp³-hybridized carbons (Fsp3) is 0.312.